The lowest BCUT2D eigenvalue weighted by atomic mass is 10.3. The molecule has 0 radical (unpaired) electrons. The topological polar surface area (TPSA) is 136 Å². The molecule has 0 saturated heterocycles. The number of carboxylic acids is 1. The van der Waals surface area contributed by atoms with Gasteiger partial charge in [-0.2, -0.15) is 0 Å². The Labute approximate surface area is 122 Å². The first kappa shape index (κ1) is 16.8. The number of hydrogen-bond donors (Lipinski definition) is 3. The fourth-order valence-corrected chi connectivity index (χ4v) is 2.43. The normalized spacial score (nSPS) is 10.9. The van der Waals surface area contributed by atoms with Gasteiger partial charge in [0.25, 0.3) is 0 Å². The molecule has 0 fully saturated rings. The minimum atomic E-state index is -3.80. The number of aliphatic carboxylic acids is 1. The summed E-state index contributed by atoms with van der Waals surface area (Å²) >= 11 is 0. The maximum absolute atomic E-state index is 11.7. The van der Waals surface area contributed by atoms with Crippen LogP contribution in [-0.4, -0.2) is 37.8 Å². The Morgan fingerprint density at radius 3 is 2.52 bits per heavy atom. The van der Waals surface area contributed by atoms with Crippen molar-refractivity contribution in [2.45, 2.75) is 12.8 Å². The first-order valence-corrected chi connectivity index (χ1v) is 7.68. The van der Waals surface area contributed by atoms with Gasteiger partial charge in [0.05, 0.1) is 30.9 Å². The minimum Gasteiger partial charge on any atom is -0.491 e. The third kappa shape index (κ3) is 6.61. The molecule has 0 heterocycles. The summed E-state index contributed by atoms with van der Waals surface area (Å²) in [6.07, 6.45) is -0.500. The number of primary amides is 1. The number of hydrogen-bond acceptors (Lipinski definition) is 5. The zero-order valence-electron chi connectivity index (χ0n) is 11.1. The van der Waals surface area contributed by atoms with Gasteiger partial charge in [-0.15, -0.1) is 0 Å². The molecule has 0 atom stereocenters. The third-order valence-corrected chi connectivity index (χ3v) is 3.62. The van der Waals surface area contributed by atoms with E-state index in [1.165, 1.54) is 12.1 Å². The number of rotatable bonds is 9. The van der Waals surface area contributed by atoms with Gasteiger partial charge in [0, 0.05) is 0 Å². The fraction of sp³-hybridized carbons (Fsp3) is 0.333. The van der Waals surface area contributed by atoms with Crippen LogP contribution in [0.1, 0.15) is 12.8 Å². The number of anilines is 1. The van der Waals surface area contributed by atoms with E-state index < -0.39 is 34.1 Å². The number of carbonyl (C=O) groups excluding carboxylic acids is 1. The predicted octanol–water partition coefficient (Wildman–Crippen LogP) is 0.157. The second kappa shape index (κ2) is 7.48. The average molecular weight is 316 g/mol. The largest absolute Gasteiger partial charge is 0.491 e. The van der Waals surface area contributed by atoms with Crippen LogP contribution >= 0.6 is 0 Å². The molecule has 0 saturated carbocycles. The lowest BCUT2D eigenvalue weighted by Crippen LogP contribution is -2.20. The summed E-state index contributed by atoms with van der Waals surface area (Å²) in [6, 6.07) is 6.22. The zero-order valence-corrected chi connectivity index (χ0v) is 11.9. The average Bonchev–Trinajstić information content (AvgIpc) is 2.38. The van der Waals surface area contributed by atoms with Crippen LogP contribution in [0.2, 0.25) is 0 Å². The first-order chi connectivity index (χ1) is 9.80. The number of carboxylic acid groups (broad SMARTS) is 1. The van der Waals surface area contributed by atoms with Crippen LogP contribution in [0, 0.1) is 0 Å². The van der Waals surface area contributed by atoms with E-state index in [9.17, 15) is 18.0 Å². The highest BCUT2D eigenvalue weighted by Crippen LogP contribution is 2.25. The SMILES string of the molecule is NC(=O)CCOc1ccccc1NS(=O)(=O)CCC(=O)O. The highest BCUT2D eigenvalue weighted by atomic mass is 32.2. The van der Waals surface area contributed by atoms with E-state index in [4.69, 9.17) is 15.6 Å². The third-order valence-electron chi connectivity index (χ3n) is 2.34. The molecule has 1 aromatic rings. The highest BCUT2D eigenvalue weighted by molar-refractivity contribution is 7.92. The van der Waals surface area contributed by atoms with Gasteiger partial charge in [-0.1, -0.05) is 12.1 Å². The molecule has 0 aromatic heterocycles. The van der Waals surface area contributed by atoms with Gasteiger partial charge < -0.3 is 15.6 Å². The van der Waals surface area contributed by atoms with Gasteiger partial charge in [-0.25, -0.2) is 8.42 Å². The number of nitrogens with one attached hydrogen (secondary N) is 1. The lowest BCUT2D eigenvalue weighted by Gasteiger charge is -2.12. The Balaban J connectivity index is 2.74. The maximum atomic E-state index is 11.7. The van der Waals surface area contributed by atoms with E-state index >= 15 is 0 Å². The molecule has 0 aliphatic carbocycles. The van der Waals surface area contributed by atoms with Crippen molar-refractivity contribution >= 4 is 27.6 Å². The van der Waals surface area contributed by atoms with Crippen molar-refractivity contribution in [2.24, 2.45) is 5.73 Å². The van der Waals surface area contributed by atoms with E-state index in [0.717, 1.165) is 0 Å². The molecule has 0 aliphatic rings. The van der Waals surface area contributed by atoms with Crippen molar-refractivity contribution in [3.05, 3.63) is 24.3 Å². The Morgan fingerprint density at radius 1 is 1.24 bits per heavy atom. The molecule has 0 unspecified atom stereocenters. The van der Waals surface area contributed by atoms with Crippen LogP contribution in [0.25, 0.3) is 0 Å². The molecule has 1 aromatic carbocycles. The molecule has 1 amide bonds. The van der Waals surface area contributed by atoms with Gasteiger partial charge in [0.15, 0.2) is 0 Å². The first-order valence-electron chi connectivity index (χ1n) is 6.02. The quantitative estimate of drug-likeness (QED) is 0.593. The Bertz CT molecular complexity index is 614. The Hall–Kier alpha value is -2.29. The van der Waals surface area contributed by atoms with Gasteiger partial charge in [-0.3, -0.25) is 14.3 Å². The monoisotopic (exact) mass is 316 g/mol. The van der Waals surface area contributed by atoms with E-state index in [1.54, 1.807) is 12.1 Å². The lowest BCUT2D eigenvalue weighted by molar-refractivity contribution is -0.136. The van der Waals surface area contributed by atoms with Crippen molar-refractivity contribution in [2.75, 3.05) is 17.1 Å². The molecule has 21 heavy (non-hydrogen) atoms. The smallest absolute Gasteiger partial charge is 0.304 e. The number of benzene rings is 1. The molecule has 4 N–H and O–H groups in total. The fourth-order valence-electron chi connectivity index (χ4n) is 1.38. The van der Waals surface area contributed by atoms with Crippen LogP contribution in [0.3, 0.4) is 0 Å². The van der Waals surface area contributed by atoms with Crippen molar-refractivity contribution in [3.8, 4) is 5.75 Å². The summed E-state index contributed by atoms with van der Waals surface area (Å²) < 4.78 is 31.0. The van der Waals surface area contributed by atoms with Gasteiger partial charge in [-0.05, 0) is 12.1 Å². The molecule has 1 rings (SSSR count). The van der Waals surface area contributed by atoms with Crippen LogP contribution in [0.4, 0.5) is 5.69 Å². The molecule has 0 aliphatic heterocycles. The summed E-state index contributed by atoms with van der Waals surface area (Å²) in [6.45, 7) is 0.0171. The minimum absolute atomic E-state index is 0.0000977. The molecule has 9 heteroatoms. The second-order valence-corrected chi connectivity index (χ2v) is 5.97. The van der Waals surface area contributed by atoms with Gasteiger partial charge in [0.2, 0.25) is 15.9 Å². The van der Waals surface area contributed by atoms with Crippen LogP contribution in [-0.2, 0) is 19.6 Å². The zero-order chi connectivity index (χ0) is 15.9. The van der Waals surface area contributed by atoms with Gasteiger partial charge >= 0.3 is 5.97 Å². The van der Waals surface area contributed by atoms with Crippen molar-refractivity contribution in [1.82, 2.24) is 0 Å². The van der Waals surface area contributed by atoms with E-state index in [1.807, 2.05) is 0 Å². The van der Waals surface area contributed by atoms with E-state index in [-0.39, 0.29) is 24.5 Å². The number of para-hydroxylation sites is 2. The molecular formula is C12H16N2O6S. The summed E-state index contributed by atoms with van der Waals surface area (Å²) in [5.41, 5.74) is 5.15. The molecule has 8 nitrogen and oxygen atoms in total. The van der Waals surface area contributed by atoms with Gasteiger partial charge in [0.1, 0.15) is 5.75 Å². The number of amides is 1. The number of carbonyl (C=O) groups is 2. The summed E-state index contributed by atoms with van der Waals surface area (Å²) in [5, 5.41) is 8.50. The van der Waals surface area contributed by atoms with E-state index in [0.29, 0.717) is 0 Å². The van der Waals surface area contributed by atoms with Crippen LogP contribution in [0.15, 0.2) is 24.3 Å². The van der Waals surface area contributed by atoms with Crippen molar-refractivity contribution in [1.29, 1.82) is 0 Å². The van der Waals surface area contributed by atoms with Crippen LogP contribution in [0.5, 0.6) is 5.75 Å². The molecule has 0 bridgehead atoms. The van der Waals surface area contributed by atoms with Crippen LogP contribution < -0.4 is 15.2 Å². The predicted molar refractivity (Wildman–Crippen MR) is 75.4 cm³/mol. The van der Waals surface area contributed by atoms with Crippen molar-refractivity contribution in [3.63, 3.8) is 0 Å². The number of nitrogens with two attached hydrogens (primary N) is 1. The summed E-state index contributed by atoms with van der Waals surface area (Å²) in [5.74, 6) is -2.05. The Kier molecular flexibility index (Phi) is 5.97. The molecule has 116 valence electrons. The van der Waals surface area contributed by atoms with Crippen molar-refractivity contribution < 1.29 is 27.9 Å². The molecular weight excluding hydrogens is 300 g/mol. The second-order valence-electron chi connectivity index (χ2n) is 4.13. The maximum Gasteiger partial charge on any atom is 0.304 e. The standard InChI is InChI=1S/C12H16N2O6S/c13-11(15)5-7-20-10-4-2-1-3-9(10)14-21(18,19)8-6-12(16)17/h1-4,14H,5-8H2,(H2,13,15)(H,16,17). The molecule has 0 spiro atoms. The Morgan fingerprint density at radius 2 is 1.90 bits per heavy atom. The highest BCUT2D eigenvalue weighted by Gasteiger charge is 2.15. The summed E-state index contributed by atoms with van der Waals surface area (Å²) in [4.78, 5) is 21.0. The number of ether oxygens (including phenoxy) is 1. The number of sulfonamides is 1. The van der Waals surface area contributed by atoms with E-state index in [2.05, 4.69) is 4.72 Å². The summed E-state index contributed by atoms with van der Waals surface area (Å²) in [7, 11) is -3.80.